The van der Waals surface area contributed by atoms with E-state index < -0.39 is 0 Å². The van der Waals surface area contributed by atoms with Crippen LogP contribution in [-0.4, -0.2) is 31.0 Å². The molecule has 0 spiro atoms. The van der Waals surface area contributed by atoms with Gasteiger partial charge in [-0.3, -0.25) is 4.79 Å². The van der Waals surface area contributed by atoms with E-state index >= 15 is 0 Å². The monoisotopic (exact) mass is 312 g/mol. The number of aromatic nitrogens is 1. The van der Waals surface area contributed by atoms with Crippen molar-refractivity contribution in [2.45, 2.75) is 0 Å². The van der Waals surface area contributed by atoms with Crippen LogP contribution >= 0.6 is 22.9 Å². The Morgan fingerprint density at radius 2 is 2.20 bits per heavy atom. The first-order chi connectivity index (χ1) is 9.67. The number of anilines is 1. The third-order valence-electron chi connectivity index (χ3n) is 2.55. The fraction of sp³-hybridized carbons (Fsp3) is 0.231. The maximum atomic E-state index is 11.2. The highest BCUT2D eigenvalue weighted by Gasteiger charge is 2.12. The molecule has 0 aliphatic carbocycles. The van der Waals surface area contributed by atoms with E-state index in [9.17, 15) is 4.79 Å². The third-order valence-corrected chi connectivity index (χ3v) is 3.55. The SMILES string of the molecule is COc1ccc(OC)c(-c2csc(NC(=O)CCl)n2)c1. The van der Waals surface area contributed by atoms with Gasteiger partial charge in [-0.15, -0.1) is 22.9 Å². The van der Waals surface area contributed by atoms with Crippen LogP contribution < -0.4 is 14.8 Å². The zero-order valence-electron chi connectivity index (χ0n) is 11.0. The molecule has 106 valence electrons. The van der Waals surface area contributed by atoms with Crippen LogP contribution in [0.1, 0.15) is 0 Å². The van der Waals surface area contributed by atoms with Crippen molar-refractivity contribution < 1.29 is 14.3 Å². The highest BCUT2D eigenvalue weighted by atomic mass is 35.5. The summed E-state index contributed by atoms with van der Waals surface area (Å²) in [4.78, 5) is 15.6. The van der Waals surface area contributed by atoms with Crippen molar-refractivity contribution >= 4 is 34.0 Å². The zero-order valence-corrected chi connectivity index (χ0v) is 12.5. The molecule has 1 amide bonds. The van der Waals surface area contributed by atoms with E-state index in [-0.39, 0.29) is 11.8 Å². The molecule has 0 radical (unpaired) electrons. The lowest BCUT2D eigenvalue weighted by atomic mass is 10.1. The molecule has 7 heteroatoms. The normalized spacial score (nSPS) is 10.2. The summed E-state index contributed by atoms with van der Waals surface area (Å²) in [5.41, 5.74) is 1.50. The number of halogens is 1. The van der Waals surface area contributed by atoms with Gasteiger partial charge in [0.25, 0.3) is 0 Å². The second-order valence-electron chi connectivity index (χ2n) is 3.79. The van der Waals surface area contributed by atoms with Gasteiger partial charge in [0, 0.05) is 10.9 Å². The molecule has 0 aliphatic heterocycles. The Morgan fingerprint density at radius 1 is 1.40 bits per heavy atom. The van der Waals surface area contributed by atoms with Gasteiger partial charge in [-0.2, -0.15) is 0 Å². The van der Waals surface area contributed by atoms with Crippen LogP contribution in [0.3, 0.4) is 0 Å². The number of rotatable bonds is 5. The first-order valence-electron chi connectivity index (χ1n) is 5.71. The van der Waals surface area contributed by atoms with Crippen molar-refractivity contribution in [2.75, 3.05) is 25.4 Å². The lowest BCUT2D eigenvalue weighted by molar-refractivity contribution is -0.113. The molecule has 0 fully saturated rings. The molecule has 0 bridgehead atoms. The Morgan fingerprint density at radius 3 is 2.85 bits per heavy atom. The van der Waals surface area contributed by atoms with E-state index in [4.69, 9.17) is 21.1 Å². The zero-order chi connectivity index (χ0) is 14.5. The van der Waals surface area contributed by atoms with Gasteiger partial charge in [-0.05, 0) is 18.2 Å². The number of carbonyl (C=O) groups is 1. The van der Waals surface area contributed by atoms with Crippen LogP contribution in [0, 0.1) is 0 Å². The minimum atomic E-state index is -0.287. The predicted octanol–water partition coefficient (Wildman–Crippen LogP) is 3.00. The van der Waals surface area contributed by atoms with Crippen LogP contribution in [0.25, 0.3) is 11.3 Å². The molecule has 0 atom stereocenters. The molecule has 1 heterocycles. The Balaban J connectivity index is 2.33. The Hall–Kier alpha value is -1.79. The molecule has 1 N–H and O–H groups in total. The van der Waals surface area contributed by atoms with Crippen LogP contribution in [0.4, 0.5) is 5.13 Å². The fourth-order valence-electron chi connectivity index (χ4n) is 1.62. The van der Waals surface area contributed by atoms with E-state index in [2.05, 4.69) is 10.3 Å². The van der Waals surface area contributed by atoms with Gasteiger partial charge in [0.1, 0.15) is 17.4 Å². The topological polar surface area (TPSA) is 60.5 Å². The van der Waals surface area contributed by atoms with E-state index in [1.54, 1.807) is 14.2 Å². The number of nitrogens with one attached hydrogen (secondary N) is 1. The van der Waals surface area contributed by atoms with Crippen molar-refractivity contribution in [3.8, 4) is 22.8 Å². The average Bonchev–Trinajstić information content (AvgIpc) is 2.94. The number of benzene rings is 1. The van der Waals surface area contributed by atoms with Gasteiger partial charge in [0.2, 0.25) is 5.91 Å². The Kier molecular flexibility index (Phi) is 4.81. The van der Waals surface area contributed by atoms with Crippen LogP contribution in [0.5, 0.6) is 11.5 Å². The average molecular weight is 313 g/mol. The first kappa shape index (κ1) is 14.6. The maximum absolute atomic E-state index is 11.2. The number of amides is 1. The second-order valence-corrected chi connectivity index (χ2v) is 4.91. The number of alkyl halides is 1. The molecular weight excluding hydrogens is 300 g/mol. The first-order valence-corrected chi connectivity index (χ1v) is 7.13. The summed E-state index contributed by atoms with van der Waals surface area (Å²) in [6.07, 6.45) is 0. The van der Waals surface area contributed by atoms with Crippen LogP contribution in [-0.2, 0) is 4.79 Å². The van der Waals surface area contributed by atoms with Gasteiger partial charge in [-0.1, -0.05) is 0 Å². The number of methoxy groups -OCH3 is 2. The Bertz CT molecular complexity index is 615. The molecule has 1 aromatic heterocycles. The summed E-state index contributed by atoms with van der Waals surface area (Å²) in [5.74, 6) is 1.01. The van der Waals surface area contributed by atoms with E-state index in [1.165, 1.54) is 11.3 Å². The predicted molar refractivity (Wildman–Crippen MR) is 80.0 cm³/mol. The molecular formula is C13H13ClN2O3S. The van der Waals surface area contributed by atoms with Crippen LogP contribution in [0.2, 0.25) is 0 Å². The molecule has 0 aliphatic rings. The number of hydrogen-bond donors (Lipinski definition) is 1. The largest absolute Gasteiger partial charge is 0.497 e. The number of nitrogens with zero attached hydrogens (tertiary/aromatic N) is 1. The molecule has 0 saturated heterocycles. The van der Waals surface area contributed by atoms with E-state index in [1.807, 2.05) is 23.6 Å². The van der Waals surface area contributed by atoms with Gasteiger partial charge >= 0.3 is 0 Å². The molecule has 2 aromatic rings. The Labute approximate surface area is 125 Å². The highest BCUT2D eigenvalue weighted by Crippen LogP contribution is 2.34. The summed E-state index contributed by atoms with van der Waals surface area (Å²) in [7, 11) is 3.19. The number of hydrogen-bond acceptors (Lipinski definition) is 5. The highest BCUT2D eigenvalue weighted by molar-refractivity contribution is 7.14. The lowest BCUT2D eigenvalue weighted by Crippen LogP contribution is -2.12. The van der Waals surface area contributed by atoms with Crippen molar-refractivity contribution in [1.29, 1.82) is 0 Å². The molecule has 5 nitrogen and oxygen atoms in total. The summed E-state index contributed by atoms with van der Waals surface area (Å²) >= 11 is 6.76. The smallest absolute Gasteiger partial charge is 0.241 e. The lowest BCUT2D eigenvalue weighted by Gasteiger charge is -2.08. The van der Waals surface area contributed by atoms with Gasteiger partial charge in [-0.25, -0.2) is 4.98 Å². The molecule has 0 unspecified atom stereocenters. The molecule has 0 saturated carbocycles. The van der Waals surface area contributed by atoms with Crippen molar-refractivity contribution in [1.82, 2.24) is 4.98 Å². The van der Waals surface area contributed by atoms with Crippen LogP contribution in [0.15, 0.2) is 23.6 Å². The molecule has 2 rings (SSSR count). The third kappa shape index (κ3) is 3.20. The van der Waals surface area contributed by atoms with E-state index in [0.717, 1.165) is 5.56 Å². The van der Waals surface area contributed by atoms with Gasteiger partial charge in [0.05, 0.1) is 19.9 Å². The minimum Gasteiger partial charge on any atom is -0.497 e. The van der Waals surface area contributed by atoms with Gasteiger partial charge in [0.15, 0.2) is 5.13 Å². The summed E-state index contributed by atoms with van der Waals surface area (Å²) < 4.78 is 10.5. The number of carbonyl (C=O) groups excluding carboxylic acids is 1. The summed E-state index contributed by atoms with van der Waals surface area (Å²) in [5, 5.41) is 4.94. The summed E-state index contributed by atoms with van der Waals surface area (Å²) in [6, 6.07) is 5.45. The maximum Gasteiger partial charge on any atom is 0.241 e. The van der Waals surface area contributed by atoms with Gasteiger partial charge < -0.3 is 14.8 Å². The fourth-order valence-corrected chi connectivity index (χ4v) is 2.42. The number of ether oxygens (including phenoxy) is 2. The van der Waals surface area contributed by atoms with Crippen molar-refractivity contribution in [3.05, 3.63) is 23.6 Å². The second kappa shape index (κ2) is 6.58. The van der Waals surface area contributed by atoms with E-state index in [0.29, 0.717) is 22.3 Å². The van der Waals surface area contributed by atoms with Crippen molar-refractivity contribution in [2.24, 2.45) is 0 Å². The molecule has 20 heavy (non-hydrogen) atoms. The van der Waals surface area contributed by atoms with Crippen molar-refractivity contribution in [3.63, 3.8) is 0 Å². The number of thiazole rings is 1. The molecule has 1 aromatic carbocycles. The summed E-state index contributed by atoms with van der Waals surface area (Å²) in [6.45, 7) is 0. The quantitative estimate of drug-likeness (QED) is 0.862. The standard InChI is InChI=1S/C13H13ClN2O3S/c1-18-8-3-4-11(19-2)9(5-8)10-7-20-13(15-10)16-12(17)6-14/h3-5,7H,6H2,1-2H3,(H,15,16,17). The minimum absolute atomic E-state index is 0.0998.